The minimum atomic E-state index is -3.67. The summed E-state index contributed by atoms with van der Waals surface area (Å²) in [6.45, 7) is 1.36. The molecular formula is C20H20BrNO6S. The number of rotatable bonds is 4. The van der Waals surface area contributed by atoms with Crippen molar-refractivity contribution in [1.82, 2.24) is 4.31 Å². The van der Waals surface area contributed by atoms with Gasteiger partial charge in [-0.05, 0) is 49.2 Å². The van der Waals surface area contributed by atoms with Crippen LogP contribution in [0.1, 0.15) is 12.8 Å². The van der Waals surface area contributed by atoms with Crippen molar-refractivity contribution in [2.24, 2.45) is 5.92 Å². The molecule has 9 heteroatoms. The van der Waals surface area contributed by atoms with Gasteiger partial charge in [0.15, 0.2) is 11.5 Å². The maximum atomic E-state index is 13.0. The zero-order chi connectivity index (χ0) is 20.4. The molecule has 0 aromatic heterocycles. The number of fused-ring (bicyclic) bond motifs is 1. The second-order valence-electron chi connectivity index (χ2n) is 6.86. The van der Waals surface area contributed by atoms with Crippen molar-refractivity contribution >= 4 is 31.9 Å². The number of halogens is 1. The summed E-state index contributed by atoms with van der Waals surface area (Å²) < 4.78 is 44.6. The molecule has 2 aliphatic rings. The molecule has 2 aromatic rings. The summed E-state index contributed by atoms with van der Waals surface area (Å²) in [5.74, 6) is 0.800. The number of nitrogens with zero attached hydrogens (tertiary/aromatic N) is 1. The van der Waals surface area contributed by atoms with Crippen LogP contribution < -0.4 is 14.2 Å². The molecule has 0 saturated carbocycles. The smallest absolute Gasteiger partial charge is 0.314 e. The van der Waals surface area contributed by atoms with Crippen molar-refractivity contribution in [2.45, 2.75) is 17.7 Å². The average Bonchev–Trinajstić information content (AvgIpc) is 2.75. The fourth-order valence-corrected chi connectivity index (χ4v) is 5.12. The highest BCUT2D eigenvalue weighted by Crippen LogP contribution is 2.34. The van der Waals surface area contributed by atoms with E-state index in [0.717, 1.165) is 4.47 Å². The molecular weight excluding hydrogens is 462 g/mol. The van der Waals surface area contributed by atoms with E-state index in [0.29, 0.717) is 43.3 Å². The minimum Gasteiger partial charge on any atom is -0.486 e. The molecule has 2 aliphatic heterocycles. The first-order valence-electron chi connectivity index (χ1n) is 9.30. The summed E-state index contributed by atoms with van der Waals surface area (Å²) in [5.41, 5.74) is 0. The number of piperidine rings is 1. The van der Waals surface area contributed by atoms with Gasteiger partial charge in [-0.25, -0.2) is 8.42 Å². The molecule has 2 heterocycles. The maximum absolute atomic E-state index is 13.0. The second-order valence-corrected chi connectivity index (χ2v) is 9.71. The maximum Gasteiger partial charge on any atom is 0.314 e. The Kier molecular flexibility index (Phi) is 5.80. The van der Waals surface area contributed by atoms with E-state index in [9.17, 15) is 13.2 Å². The van der Waals surface area contributed by atoms with Gasteiger partial charge in [0.1, 0.15) is 19.0 Å². The van der Waals surface area contributed by atoms with E-state index < -0.39 is 10.0 Å². The van der Waals surface area contributed by atoms with Crippen molar-refractivity contribution in [1.29, 1.82) is 0 Å². The van der Waals surface area contributed by atoms with Crippen molar-refractivity contribution in [3.63, 3.8) is 0 Å². The SMILES string of the molecule is O=C(Oc1ccc(Br)cc1)C1CCN(S(=O)(=O)c2ccc3c(c2)OCCO3)CC1. The molecule has 1 fully saturated rings. The lowest BCUT2D eigenvalue weighted by atomic mass is 9.98. The number of hydrogen-bond donors (Lipinski definition) is 0. The quantitative estimate of drug-likeness (QED) is 0.492. The number of esters is 1. The van der Waals surface area contributed by atoms with Gasteiger partial charge in [0.05, 0.1) is 10.8 Å². The largest absolute Gasteiger partial charge is 0.486 e. The fraction of sp³-hybridized carbons (Fsp3) is 0.350. The average molecular weight is 482 g/mol. The molecule has 2 aromatic carbocycles. The number of carbonyl (C=O) groups excluding carboxylic acids is 1. The Hall–Kier alpha value is -2.10. The summed E-state index contributed by atoms with van der Waals surface area (Å²) in [4.78, 5) is 12.6. The highest BCUT2D eigenvalue weighted by atomic mass is 79.9. The molecule has 0 atom stereocenters. The van der Waals surface area contributed by atoms with Crippen LogP contribution in [-0.2, 0) is 14.8 Å². The van der Waals surface area contributed by atoms with Crippen LogP contribution >= 0.6 is 15.9 Å². The minimum absolute atomic E-state index is 0.164. The van der Waals surface area contributed by atoms with Gasteiger partial charge in [-0.2, -0.15) is 4.31 Å². The molecule has 0 unspecified atom stereocenters. The topological polar surface area (TPSA) is 82.1 Å². The van der Waals surface area contributed by atoms with Crippen LogP contribution in [0.15, 0.2) is 51.8 Å². The summed E-state index contributed by atoms with van der Waals surface area (Å²) in [5, 5.41) is 0. The third-order valence-electron chi connectivity index (χ3n) is 4.97. The van der Waals surface area contributed by atoms with Crippen molar-refractivity contribution in [3.8, 4) is 17.2 Å². The standard InChI is InChI=1S/C20H20BrNO6S/c21-15-1-3-16(4-2-15)28-20(23)14-7-9-22(10-8-14)29(24,25)17-5-6-18-19(13-17)27-12-11-26-18/h1-6,13-14H,7-12H2. The van der Waals surface area contributed by atoms with Crippen LogP contribution in [0.3, 0.4) is 0 Å². The number of carbonyl (C=O) groups is 1. The molecule has 0 spiro atoms. The summed E-state index contributed by atoms with van der Waals surface area (Å²) >= 11 is 3.34. The Morgan fingerprint density at radius 1 is 1.00 bits per heavy atom. The molecule has 0 radical (unpaired) electrons. The summed E-state index contributed by atoms with van der Waals surface area (Å²) in [6.07, 6.45) is 0.832. The van der Waals surface area contributed by atoms with E-state index in [1.54, 1.807) is 30.3 Å². The van der Waals surface area contributed by atoms with E-state index in [2.05, 4.69) is 15.9 Å². The van der Waals surface area contributed by atoms with E-state index >= 15 is 0 Å². The summed E-state index contributed by atoms with van der Waals surface area (Å²) in [6, 6.07) is 11.7. The monoisotopic (exact) mass is 481 g/mol. The van der Waals surface area contributed by atoms with Gasteiger partial charge in [0, 0.05) is 23.6 Å². The van der Waals surface area contributed by atoms with Crippen LogP contribution in [0, 0.1) is 5.92 Å². The first-order valence-corrected chi connectivity index (χ1v) is 11.5. The predicted molar refractivity (Wildman–Crippen MR) is 109 cm³/mol. The molecule has 0 N–H and O–H groups in total. The Morgan fingerprint density at radius 2 is 1.66 bits per heavy atom. The van der Waals surface area contributed by atoms with E-state index in [4.69, 9.17) is 14.2 Å². The molecule has 4 rings (SSSR count). The Labute approximate surface area is 177 Å². The fourth-order valence-electron chi connectivity index (χ4n) is 3.37. The first kappa shape index (κ1) is 20.2. The van der Waals surface area contributed by atoms with Crippen LogP contribution in [0.4, 0.5) is 0 Å². The van der Waals surface area contributed by atoms with Crippen molar-refractivity contribution < 1.29 is 27.4 Å². The third-order valence-corrected chi connectivity index (χ3v) is 7.39. The van der Waals surface area contributed by atoms with E-state index in [1.807, 2.05) is 0 Å². The zero-order valence-corrected chi connectivity index (χ0v) is 17.9. The lowest BCUT2D eigenvalue weighted by molar-refractivity contribution is -0.140. The molecule has 7 nitrogen and oxygen atoms in total. The second kappa shape index (κ2) is 8.33. The molecule has 0 amide bonds. The molecule has 0 aliphatic carbocycles. The van der Waals surface area contributed by atoms with Crippen LogP contribution in [0.5, 0.6) is 17.2 Å². The van der Waals surface area contributed by atoms with Gasteiger partial charge in [-0.1, -0.05) is 15.9 Å². The highest BCUT2D eigenvalue weighted by Gasteiger charge is 2.33. The molecule has 0 bridgehead atoms. The van der Waals surface area contributed by atoms with E-state index in [1.165, 1.54) is 16.4 Å². The van der Waals surface area contributed by atoms with Gasteiger partial charge in [-0.15, -0.1) is 0 Å². The van der Waals surface area contributed by atoms with Crippen molar-refractivity contribution in [3.05, 3.63) is 46.9 Å². The zero-order valence-electron chi connectivity index (χ0n) is 15.5. The van der Waals surface area contributed by atoms with Gasteiger partial charge < -0.3 is 14.2 Å². The number of sulfonamides is 1. The number of ether oxygens (including phenoxy) is 3. The van der Waals surface area contributed by atoms with Gasteiger partial charge >= 0.3 is 5.97 Å². The van der Waals surface area contributed by atoms with Gasteiger partial charge in [0.25, 0.3) is 0 Å². The number of benzene rings is 2. The Morgan fingerprint density at radius 3 is 2.34 bits per heavy atom. The Bertz CT molecular complexity index is 1000. The van der Waals surface area contributed by atoms with Gasteiger partial charge in [-0.3, -0.25) is 4.79 Å². The van der Waals surface area contributed by atoms with Gasteiger partial charge in [0.2, 0.25) is 10.0 Å². The molecule has 1 saturated heterocycles. The van der Waals surface area contributed by atoms with Crippen LogP contribution in [0.2, 0.25) is 0 Å². The molecule has 154 valence electrons. The highest BCUT2D eigenvalue weighted by molar-refractivity contribution is 9.10. The van der Waals surface area contributed by atoms with E-state index in [-0.39, 0.29) is 29.9 Å². The van der Waals surface area contributed by atoms with Crippen LogP contribution in [0.25, 0.3) is 0 Å². The van der Waals surface area contributed by atoms with Crippen LogP contribution in [-0.4, -0.2) is 45.0 Å². The Balaban J connectivity index is 1.39. The lowest BCUT2D eigenvalue weighted by Crippen LogP contribution is -2.41. The summed E-state index contributed by atoms with van der Waals surface area (Å²) in [7, 11) is -3.67. The third kappa shape index (κ3) is 4.41. The predicted octanol–water partition coefficient (Wildman–Crippen LogP) is 3.23. The first-order chi connectivity index (χ1) is 13.9. The normalized spacial score (nSPS) is 17.7. The molecule has 29 heavy (non-hydrogen) atoms. The van der Waals surface area contributed by atoms with Crippen molar-refractivity contribution in [2.75, 3.05) is 26.3 Å². The number of hydrogen-bond acceptors (Lipinski definition) is 6. The lowest BCUT2D eigenvalue weighted by Gasteiger charge is -2.30.